The van der Waals surface area contributed by atoms with E-state index in [1.807, 2.05) is 13.8 Å². The van der Waals surface area contributed by atoms with Gasteiger partial charge in [0.1, 0.15) is 0 Å². The van der Waals surface area contributed by atoms with E-state index in [1.165, 1.54) is 0 Å². The quantitative estimate of drug-likeness (QED) is 0.903. The maximum absolute atomic E-state index is 12.2. The molecule has 1 aromatic carbocycles. The van der Waals surface area contributed by atoms with Crippen molar-refractivity contribution in [1.82, 2.24) is 10.2 Å². The molecule has 0 bridgehead atoms. The molecule has 0 aliphatic heterocycles. The molecule has 0 spiro atoms. The van der Waals surface area contributed by atoms with Gasteiger partial charge in [0.25, 0.3) is 0 Å². The Balaban J connectivity index is 2.24. The summed E-state index contributed by atoms with van der Waals surface area (Å²) in [6.07, 6.45) is 0. The van der Waals surface area contributed by atoms with Gasteiger partial charge in [-0.25, -0.2) is 8.42 Å². The molecule has 1 unspecified atom stereocenters. The summed E-state index contributed by atoms with van der Waals surface area (Å²) in [5.41, 5.74) is 6.41. The number of hydrogen-bond acceptors (Lipinski definition) is 6. The van der Waals surface area contributed by atoms with Crippen LogP contribution in [-0.2, 0) is 15.6 Å². The van der Waals surface area contributed by atoms with E-state index in [4.69, 9.17) is 21.8 Å². The molecule has 0 aliphatic rings. The molecule has 2 rings (SSSR count). The molecule has 0 aliphatic carbocycles. The first kappa shape index (κ1) is 15.9. The smallest absolute Gasteiger partial charge is 0.335 e. The standard InChI is InChI=1S/C13H16ClN3O3S/c1-8(2)11(15)12-16-17-13(20-12)21(18,19)7-9-4-3-5-10(14)6-9/h3-6,8,11H,7,15H2,1-2H3. The average Bonchev–Trinajstić information content (AvgIpc) is 2.87. The first-order valence-electron chi connectivity index (χ1n) is 6.36. The van der Waals surface area contributed by atoms with Crippen LogP contribution >= 0.6 is 11.6 Å². The molecule has 2 N–H and O–H groups in total. The fourth-order valence-corrected chi connectivity index (χ4v) is 3.01. The van der Waals surface area contributed by atoms with Crippen molar-refractivity contribution in [2.24, 2.45) is 11.7 Å². The van der Waals surface area contributed by atoms with E-state index in [-0.39, 0.29) is 17.6 Å². The monoisotopic (exact) mass is 329 g/mol. The van der Waals surface area contributed by atoms with Gasteiger partial charge in [0.2, 0.25) is 15.7 Å². The maximum Gasteiger partial charge on any atom is 0.335 e. The van der Waals surface area contributed by atoms with Crippen LogP contribution in [0.1, 0.15) is 31.3 Å². The van der Waals surface area contributed by atoms with Crippen LogP contribution in [0.25, 0.3) is 0 Å². The Bertz CT molecular complexity index is 728. The number of aromatic nitrogens is 2. The summed E-state index contributed by atoms with van der Waals surface area (Å²) in [4.78, 5) is 0. The van der Waals surface area contributed by atoms with Gasteiger partial charge in [-0.1, -0.05) is 42.7 Å². The van der Waals surface area contributed by atoms with Gasteiger partial charge in [0.15, 0.2) is 0 Å². The number of halogens is 1. The zero-order chi connectivity index (χ0) is 15.6. The van der Waals surface area contributed by atoms with Crippen molar-refractivity contribution in [3.8, 4) is 0 Å². The zero-order valence-corrected chi connectivity index (χ0v) is 13.2. The lowest BCUT2D eigenvalue weighted by molar-refractivity contribution is 0.341. The number of sulfone groups is 1. The minimum absolute atomic E-state index is 0.0638. The van der Waals surface area contributed by atoms with Crippen molar-refractivity contribution in [2.45, 2.75) is 30.9 Å². The molecule has 0 radical (unpaired) electrons. The lowest BCUT2D eigenvalue weighted by Crippen LogP contribution is -2.17. The third kappa shape index (κ3) is 3.81. The van der Waals surface area contributed by atoms with Gasteiger partial charge in [-0.05, 0) is 23.6 Å². The first-order chi connectivity index (χ1) is 9.79. The van der Waals surface area contributed by atoms with E-state index in [2.05, 4.69) is 10.2 Å². The summed E-state index contributed by atoms with van der Waals surface area (Å²) in [7, 11) is -3.72. The zero-order valence-electron chi connectivity index (χ0n) is 11.7. The van der Waals surface area contributed by atoms with Gasteiger partial charge in [0.05, 0.1) is 11.8 Å². The van der Waals surface area contributed by atoms with Crippen molar-refractivity contribution < 1.29 is 12.8 Å². The van der Waals surface area contributed by atoms with Crippen LogP contribution in [0.3, 0.4) is 0 Å². The summed E-state index contributed by atoms with van der Waals surface area (Å²) in [6, 6.07) is 6.11. The molecule has 114 valence electrons. The predicted octanol–water partition coefficient (Wildman–Crippen LogP) is 2.35. The van der Waals surface area contributed by atoms with E-state index in [0.29, 0.717) is 10.6 Å². The SMILES string of the molecule is CC(C)C(N)c1nnc(S(=O)(=O)Cc2cccc(Cl)c2)o1. The minimum atomic E-state index is -3.72. The van der Waals surface area contributed by atoms with Crippen LogP contribution in [0, 0.1) is 5.92 Å². The van der Waals surface area contributed by atoms with Gasteiger partial charge < -0.3 is 10.2 Å². The second-order valence-corrected chi connectivity index (χ2v) is 7.37. The molecular formula is C13H16ClN3O3S. The highest BCUT2D eigenvalue weighted by Gasteiger charge is 2.26. The second-order valence-electron chi connectivity index (χ2n) is 5.07. The topological polar surface area (TPSA) is 99.1 Å². The maximum atomic E-state index is 12.2. The summed E-state index contributed by atoms with van der Waals surface area (Å²) in [6.45, 7) is 3.77. The Labute approximate surface area is 128 Å². The first-order valence-corrected chi connectivity index (χ1v) is 8.39. The van der Waals surface area contributed by atoms with Gasteiger partial charge in [-0.2, -0.15) is 0 Å². The number of nitrogens with two attached hydrogens (primary N) is 1. The summed E-state index contributed by atoms with van der Waals surface area (Å²) in [5, 5.41) is 7.35. The highest BCUT2D eigenvalue weighted by atomic mass is 35.5. The van der Waals surface area contributed by atoms with Crippen LogP contribution in [0.5, 0.6) is 0 Å². The number of rotatable bonds is 5. The van der Waals surface area contributed by atoms with Crippen molar-refractivity contribution in [3.63, 3.8) is 0 Å². The van der Waals surface area contributed by atoms with Crippen LogP contribution in [0.4, 0.5) is 0 Å². The van der Waals surface area contributed by atoms with Crippen molar-refractivity contribution in [3.05, 3.63) is 40.7 Å². The van der Waals surface area contributed by atoms with Gasteiger partial charge in [-0.15, -0.1) is 5.10 Å². The highest BCUT2D eigenvalue weighted by Crippen LogP contribution is 2.22. The Hall–Kier alpha value is -1.44. The number of benzene rings is 1. The van der Waals surface area contributed by atoms with Gasteiger partial charge in [0, 0.05) is 5.02 Å². The van der Waals surface area contributed by atoms with Gasteiger partial charge >= 0.3 is 5.22 Å². The summed E-state index contributed by atoms with van der Waals surface area (Å²) < 4.78 is 29.7. The van der Waals surface area contributed by atoms with E-state index in [9.17, 15) is 8.42 Å². The minimum Gasteiger partial charge on any atom is -0.411 e. The molecule has 0 amide bonds. The van der Waals surface area contributed by atoms with Crippen molar-refractivity contribution in [1.29, 1.82) is 0 Å². The fourth-order valence-electron chi connectivity index (χ4n) is 1.67. The van der Waals surface area contributed by atoms with E-state index in [1.54, 1.807) is 24.3 Å². The molecule has 8 heteroatoms. The molecule has 1 heterocycles. The Morgan fingerprint density at radius 1 is 1.33 bits per heavy atom. The van der Waals surface area contributed by atoms with Gasteiger partial charge in [-0.3, -0.25) is 0 Å². The predicted molar refractivity (Wildman–Crippen MR) is 78.4 cm³/mol. The van der Waals surface area contributed by atoms with Crippen LogP contribution < -0.4 is 5.73 Å². The largest absolute Gasteiger partial charge is 0.411 e. The normalized spacial score (nSPS) is 13.6. The second kappa shape index (κ2) is 6.13. The van der Waals surface area contributed by atoms with Crippen molar-refractivity contribution >= 4 is 21.4 Å². The van der Waals surface area contributed by atoms with E-state index < -0.39 is 21.1 Å². The van der Waals surface area contributed by atoms with Crippen LogP contribution in [0.2, 0.25) is 5.02 Å². The van der Waals surface area contributed by atoms with Crippen molar-refractivity contribution in [2.75, 3.05) is 0 Å². The molecular weight excluding hydrogens is 314 g/mol. The summed E-state index contributed by atoms with van der Waals surface area (Å²) >= 11 is 5.84. The Kier molecular flexibility index (Phi) is 4.65. The molecule has 21 heavy (non-hydrogen) atoms. The molecule has 0 saturated carbocycles. The molecule has 0 saturated heterocycles. The summed E-state index contributed by atoms with van der Waals surface area (Å²) in [5.74, 6) is -0.0739. The molecule has 1 atom stereocenters. The number of hydrogen-bond donors (Lipinski definition) is 1. The van der Waals surface area contributed by atoms with Crippen LogP contribution in [-0.4, -0.2) is 18.6 Å². The fraction of sp³-hybridized carbons (Fsp3) is 0.385. The lowest BCUT2D eigenvalue weighted by Gasteiger charge is -2.09. The molecule has 1 aromatic heterocycles. The van der Waals surface area contributed by atoms with E-state index >= 15 is 0 Å². The average molecular weight is 330 g/mol. The number of nitrogens with zero attached hydrogens (tertiary/aromatic N) is 2. The molecule has 6 nitrogen and oxygen atoms in total. The highest BCUT2D eigenvalue weighted by molar-refractivity contribution is 7.90. The lowest BCUT2D eigenvalue weighted by atomic mass is 10.1. The van der Waals surface area contributed by atoms with E-state index in [0.717, 1.165) is 0 Å². The molecule has 0 fully saturated rings. The Morgan fingerprint density at radius 3 is 2.67 bits per heavy atom. The Morgan fingerprint density at radius 2 is 2.05 bits per heavy atom. The molecule has 2 aromatic rings. The third-order valence-corrected chi connectivity index (χ3v) is 4.58. The third-order valence-electron chi connectivity index (χ3n) is 2.94. The van der Waals surface area contributed by atoms with Crippen LogP contribution in [0.15, 0.2) is 33.9 Å².